The molecule has 0 saturated heterocycles. The summed E-state index contributed by atoms with van der Waals surface area (Å²) in [6.45, 7) is 5.05. The van der Waals surface area contributed by atoms with Crippen molar-refractivity contribution in [1.82, 2.24) is 5.32 Å². The highest BCUT2D eigenvalue weighted by Gasteiger charge is 2.44. The van der Waals surface area contributed by atoms with Gasteiger partial charge in [-0.3, -0.25) is 4.74 Å². The second-order valence-corrected chi connectivity index (χ2v) is 4.39. The Morgan fingerprint density at radius 3 is 2.43 bits per heavy atom. The molecular formula is C9H16F3NO. The molecule has 0 aliphatic heterocycles. The highest BCUT2D eigenvalue weighted by Crippen LogP contribution is 2.50. The summed E-state index contributed by atoms with van der Waals surface area (Å²) in [4.78, 5) is 0. The Kier molecular flexibility index (Phi) is 3.42. The van der Waals surface area contributed by atoms with Crippen LogP contribution in [0.3, 0.4) is 0 Å². The molecule has 0 radical (unpaired) electrons. The maximum absolute atomic E-state index is 11.5. The molecule has 0 spiro atoms. The average molecular weight is 211 g/mol. The first-order valence-corrected chi connectivity index (χ1v) is 4.73. The fraction of sp³-hybridized carbons (Fsp3) is 1.00. The van der Waals surface area contributed by atoms with E-state index >= 15 is 0 Å². The molecule has 14 heavy (non-hydrogen) atoms. The molecule has 1 unspecified atom stereocenters. The summed E-state index contributed by atoms with van der Waals surface area (Å²) in [5.74, 6) is 0.605. The number of hydrogen-bond donors (Lipinski definition) is 1. The second kappa shape index (κ2) is 4.06. The monoisotopic (exact) mass is 211 g/mol. The van der Waals surface area contributed by atoms with Gasteiger partial charge in [0.25, 0.3) is 0 Å². The van der Waals surface area contributed by atoms with Crippen molar-refractivity contribution in [3.05, 3.63) is 0 Å². The lowest BCUT2D eigenvalue weighted by atomic mass is 10.1. The average Bonchev–Trinajstić information content (AvgIpc) is 2.56. The molecule has 1 N–H and O–H groups in total. The third kappa shape index (κ3) is 4.28. The van der Waals surface area contributed by atoms with Crippen LogP contribution < -0.4 is 5.32 Å². The summed E-state index contributed by atoms with van der Waals surface area (Å²) in [7, 11) is 0. The first kappa shape index (κ1) is 11.8. The van der Waals surface area contributed by atoms with Crippen molar-refractivity contribution in [1.29, 1.82) is 0 Å². The number of ether oxygens (including phenoxy) is 1. The van der Waals surface area contributed by atoms with E-state index in [0.717, 1.165) is 13.0 Å². The van der Waals surface area contributed by atoms with Gasteiger partial charge in [-0.1, -0.05) is 13.8 Å². The molecule has 5 heteroatoms. The second-order valence-electron chi connectivity index (χ2n) is 4.39. The van der Waals surface area contributed by atoms with Crippen LogP contribution in [0.1, 0.15) is 20.3 Å². The van der Waals surface area contributed by atoms with Crippen LogP contribution in [0.4, 0.5) is 13.2 Å². The zero-order chi connectivity index (χ0) is 10.8. The largest absolute Gasteiger partial charge is 0.522 e. The fourth-order valence-electron chi connectivity index (χ4n) is 1.44. The standard InChI is InChI=1S/C9H16F3NO/c1-8(2)5-7(8)6-13-3-4-14-9(10,11)12/h7,13H,3-6H2,1-2H3. The van der Waals surface area contributed by atoms with Crippen molar-refractivity contribution in [3.63, 3.8) is 0 Å². The van der Waals surface area contributed by atoms with Gasteiger partial charge in [0.15, 0.2) is 0 Å². The molecule has 84 valence electrons. The number of nitrogens with one attached hydrogen (secondary N) is 1. The number of halogens is 3. The van der Waals surface area contributed by atoms with Gasteiger partial charge in [-0.15, -0.1) is 13.2 Å². The Labute approximate surface area is 81.8 Å². The van der Waals surface area contributed by atoms with Gasteiger partial charge >= 0.3 is 6.36 Å². The van der Waals surface area contributed by atoms with E-state index in [1.165, 1.54) is 0 Å². The van der Waals surface area contributed by atoms with Crippen LogP contribution in [0, 0.1) is 11.3 Å². The zero-order valence-corrected chi connectivity index (χ0v) is 8.45. The van der Waals surface area contributed by atoms with Gasteiger partial charge in [-0.05, 0) is 24.3 Å². The molecule has 1 fully saturated rings. The predicted molar refractivity (Wildman–Crippen MR) is 46.8 cm³/mol. The minimum atomic E-state index is -4.50. The third-order valence-corrected chi connectivity index (χ3v) is 2.65. The highest BCUT2D eigenvalue weighted by atomic mass is 19.4. The molecule has 1 aliphatic carbocycles. The first-order valence-electron chi connectivity index (χ1n) is 4.73. The van der Waals surface area contributed by atoms with Crippen LogP contribution in [-0.2, 0) is 4.74 Å². The van der Waals surface area contributed by atoms with Crippen LogP contribution in [-0.4, -0.2) is 26.1 Å². The Morgan fingerprint density at radius 2 is 2.00 bits per heavy atom. The number of hydrogen-bond acceptors (Lipinski definition) is 2. The van der Waals surface area contributed by atoms with Crippen molar-refractivity contribution < 1.29 is 17.9 Å². The summed E-state index contributed by atoms with van der Waals surface area (Å²) in [6.07, 6.45) is -3.35. The van der Waals surface area contributed by atoms with Gasteiger partial charge in [0.05, 0.1) is 6.61 Å². The molecule has 0 amide bonds. The van der Waals surface area contributed by atoms with E-state index in [0.29, 0.717) is 11.3 Å². The summed E-state index contributed by atoms with van der Waals surface area (Å²) >= 11 is 0. The Hall–Kier alpha value is -0.290. The molecule has 0 aromatic rings. The maximum Gasteiger partial charge on any atom is 0.522 e. The van der Waals surface area contributed by atoms with E-state index in [1.54, 1.807) is 0 Å². The number of rotatable bonds is 5. The lowest BCUT2D eigenvalue weighted by molar-refractivity contribution is -0.323. The van der Waals surface area contributed by atoms with Gasteiger partial charge in [-0.25, -0.2) is 0 Å². The van der Waals surface area contributed by atoms with Gasteiger partial charge in [0.1, 0.15) is 0 Å². The molecule has 1 rings (SSSR count). The lowest BCUT2D eigenvalue weighted by Gasteiger charge is -2.08. The van der Waals surface area contributed by atoms with Crippen molar-refractivity contribution >= 4 is 0 Å². The highest BCUT2D eigenvalue weighted by molar-refractivity contribution is 4.95. The maximum atomic E-state index is 11.5. The van der Waals surface area contributed by atoms with Gasteiger partial charge < -0.3 is 5.32 Å². The van der Waals surface area contributed by atoms with E-state index in [1.807, 2.05) is 0 Å². The van der Waals surface area contributed by atoms with E-state index in [4.69, 9.17) is 0 Å². The minimum absolute atomic E-state index is 0.256. The topological polar surface area (TPSA) is 21.3 Å². The van der Waals surface area contributed by atoms with Gasteiger partial charge in [-0.2, -0.15) is 0 Å². The van der Waals surface area contributed by atoms with Crippen LogP contribution in [0.15, 0.2) is 0 Å². The van der Waals surface area contributed by atoms with E-state index in [9.17, 15) is 13.2 Å². The normalized spacial score (nSPS) is 25.1. The lowest BCUT2D eigenvalue weighted by Crippen LogP contribution is -2.26. The molecule has 0 heterocycles. The van der Waals surface area contributed by atoms with Crippen molar-refractivity contribution in [2.24, 2.45) is 11.3 Å². The summed E-state index contributed by atoms with van der Waals surface area (Å²) in [5, 5.41) is 2.95. The van der Waals surface area contributed by atoms with Crippen LogP contribution in [0.2, 0.25) is 0 Å². The molecule has 0 bridgehead atoms. The smallest absolute Gasteiger partial charge is 0.314 e. The molecule has 1 saturated carbocycles. The van der Waals surface area contributed by atoms with Crippen molar-refractivity contribution in [2.45, 2.75) is 26.6 Å². The Bertz CT molecular complexity index is 191. The SMILES string of the molecule is CC1(C)CC1CNCCOC(F)(F)F. The fourth-order valence-corrected chi connectivity index (χ4v) is 1.44. The molecule has 0 aromatic heterocycles. The molecular weight excluding hydrogens is 195 g/mol. The third-order valence-electron chi connectivity index (χ3n) is 2.65. The van der Waals surface area contributed by atoms with E-state index < -0.39 is 6.36 Å². The molecule has 1 aliphatic rings. The predicted octanol–water partition coefficient (Wildman–Crippen LogP) is 2.16. The Morgan fingerprint density at radius 1 is 1.43 bits per heavy atom. The van der Waals surface area contributed by atoms with Gasteiger partial charge in [0.2, 0.25) is 0 Å². The van der Waals surface area contributed by atoms with E-state index in [2.05, 4.69) is 23.9 Å². The first-order chi connectivity index (χ1) is 6.31. The number of alkyl halides is 3. The summed E-state index contributed by atoms with van der Waals surface area (Å²) in [5.41, 5.74) is 0.373. The molecule has 2 nitrogen and oxygen atoms in total. The van der Waals surface area contributed by atoms with Gasteiger partial charge in [0, 0.05) is 6.54 Å². The zero-order valence-electron chi connectivity index (χ0n) is 8.45. The van der Waals surface area contributed by atoms with Crippen LogP contribution in [0.5, 0.6) is 0 Å². The summed E-state index contributed by atoms with van der Waals surface area (Å²) in [6, 6.07) is 0. The Balaban J connectivity index is 1.91. The van der Waals surface area contributed by atoms with Crippen molar-refractivity contribution in [2.75, 3.05) is 19.7 Å². The molecule has 1 atom stereocenters. The molecule has 0 aromatic carbocycles. The quantitative estimate of drug-likeness (QED) is 0.703. The summed E-state index contributed by atoms with van der Waals surface area (Å²) < 4.78 is 38.2. The van der Waals surface area contributed by atoms with Crippen LogP contribution in [0.25, 0.3) is 0 Å². The van der Waals surface area contributed by atoms with Crippen molar-refractivity contribution in [3.8, 4) is 0 Å². The minimum Gasteiger partial charge on any atom is -0.314 e. The van der Waals surface area contributed by atoms with Crippen LogP contribution >= 0.6 is 0 Å². The van der Waals surface area contributed by atoms with E-state index in [-0.39, 0.29) is 13.2 Å².